The highest BCUT2D eigenvalue weighted by Gasteiger charge is 2.46. The van der Waals surface area contributed by atoms with Crippen molar-refractivity contribution in [3.63, 3.8) is 0 Å². The zero-order valence-electron chi connectivity index (χ0n) is 16.6. The van der Waals surface area contributed by atoms with Crippen molar-refractivity contribution in [3.05, 3.63) is 44.6 Å². The van der Waals surface area contributed by atoms with Gasteiger partial charge >= 0.3 is 0 Å². The Hall–Kier alpha value is -2.15. The maximum atomic E-state index is 13.4. The van der Waals surface area contributed by atoms with Gasteiger partial charge in [-0.15, -0.1) is 21.5 Å². The van der Waals surface area contributed by atoms with E-state index in [9.17, 15) is 10.1 Å². The number of ketones is 1. The van der Waals surface area contributed by atoms with Crippen molar-refractivity contribution >= 4 is 45.4 Å². The van der Waals surface area contributed by atoms with Crippen molar-refractivity contribution in [2.75, 3.05) is 11.2 Å². The maximum Gasteiger partial charge on any atom is 0.219 e. The molecule has 2 aromatic heterocycles. The lowest BCUT2D eigenvalue weighted by molar-refractivity contribution is -0.118. The van der Waals surface area contributed by atoms with Gasteiger partial charge in [-0.25, -0.2) is 0 Å². The number of nitrogens with two attached hydrogens (primary N) is 1. The molecule has 29 heavy (non-hydrogen) atoms. The van der Waals surface area contributed by atoms with E-state index in [4.69, 9.17) is 5.73 Å². The van der Waals surface area contributed by atoms with Crippen molar-refractivity contribution < 1.29 is 4.79 Å². The lowest BCUT2D eigenvalue weighted by Crippen LogP contribution is -2.42. The van der Waals surface area contributed by atoms with Crippen LogP contribution in [0.5, 0.6) is 0 Å². The minimum atomic E-state index is -0.414. The number of thioether (sulfide) groups is 1. The number of Topliss-reactive ketones (excluding diaryl/α,β-unsaturated/α-hetero) is 1. The number of hydrogen-bond acceptors (Lipinski definition) is 9. The van der Waals surface area contributed by atoms with Gasteiger partial charge in [0, 0.05) is 22.6 Å². The molecule has 2 N–H and O–H groups in total. The molecule has 1 aliphatic carbocycles. The van der Waals surface area contributed by atoms with Crippen LogP contribution < -0.4 is 10.6 Å². The van der Waals surface area contributed by atoms with Gasteiger partial charge in [-0.1, -0.05) is 36.9 Å². The number of allylic oxidation sites excluding steroid dienone is 3. The second kappa shape index (κ2) is 7.27. The van der Waals surface area contributed by atoms with Gasteiger partial charge in [0.2, 0.25) is 5.13 Å². The van der Waals surface area contributed by atoms with Crippen molar-refractivity contribution in [1.82, 2.24) is 10.2 Å². The molecule has 1 atom stereocenters. The molecule has 3 heterocycles. The van der Waals surface area contributed by atoms with Crippen LogP contribution in [0.2, 0.25) is 0 Å². The van der Waals surface area contributed by atoms with E-state index in [1.807, 2.05) is 24.6 Å². The predicted molar refractivity (Wildman–Crippen MR) is 118 cm³/mol. The van der Waals surface area contributed by atoms with Crippen LogP contribution in [0, 0.1) is 23.7 Å². The summed E-state index contributed by atoms with van der Waals surface area (Å²) < 4.78 is 0.811. The van der Waals surface area contributed by atoms with Gasteiger partial charge in [-0.3, -0.25) is 9.69 Å². The van der Waals surface area contributed by atoms with Crippen LogP contribution in [0.1, 0.15) is 43.0 Å². The molecule has 0 fully saturated rings. The Morgan fingerprint density at radius 1 is 1.38 bits per heavy atom. The van der Waals surface area contributed by atoms with Gasteiger partial charge in [0.25, 0.3) is 0 Å². The number of aryl methyl sites for hydroxylation is 1. The standard InChI is InChI=1S/C20H21N5OS3/c1-10-5-6-28-16(10)14-11(9-21)17(22)25(18-23-24-19(27-4)29-18)12-7-20(2,3)8-13(26)15(12)14/h5-6,14H,7-8,22H2,1-4H3. The number of nitrogens with zero attached hydrogens (tertiary/aromatic N) is 4. The second-order valence-electron chi connectivity index (χ2n) is 8.00. The molecule has 0 saturated heterocycles. The van der Waals surface area contributed by atoms with Crippen LogP contribution in [0.15, 0.2) is 38.5 Å². The number of thiophene rings is 1. The number of anilines is 1. The van der Waals surface area contributed by atoms with Crippen molar-refractivity contribution in [2.24, 2.45) is 11.1 Å². The summed E-state index contributed by atoms with van der Waals surface area (Å²) in [6.45, 7) is 6.19. The summed E-state index contributed by atoms with van der Waals surface area (Å²) in [5.74, 6) is 0.00931. The molecule has 0 spiro atoms. The van der Waals surface area contributed by atoms with E-state index in [2.05, 4.69) is 30.1 Å². The van der Waals surface area contributed by atoms with Gasteiger partial charge in [-0.05, 0) is 42.0 Å². The molecule has 9 heteroatoms. The first-order valence-corrected chi connectivity index (χ1v) is 12.1. The first kappa shape index (κ1) is 20.1. The third-order valence-electron chi connectivity index (χ3n) is 5.31. The summed E-state index contributed by atoms with van der Waals surface area (Å²) in [6, 6.07) is 4.32. The van der Waals surface area contributed by atoms with Gasteiger partial charge in [-0.2, -0.15) is 5.26 Å². The first-order valence-electron chi connectivity index (χ1n) is 9.15. The zero-order chi connectivity index (χ0) is 20.9. The minimum absolute atomic E-state index is 0.0777. The summed E-state index contributed by atoms with van der Waals surface area (Å²) in [7, 11) is 0. The molecule has 0 amide bonds. The number of carbonyl (C=O) groups is 1. The SMILES string of the molecule is CSc1nnc(N2C(N)=C(C#N)C(c3sccc3C)C3=C2CC(C)(C)CC3=O)s1. The van der Waals surface area contributed by atoms with E-state index in [0.29, 0.717) is 34.9 Å². The number of rotatable bonds is 3. The highest BCUT2D eigenvalue weighted by molar-refractivity contribution is 8.00. The fraction of sp³-hybridized carbons (Fsp3) is 0.400. The summed E-state index contributed by atoms with van der Waals surface area (Å²) in [4.78, 5) is 16.2. The van der Waals surface area contributed by atoms with E-state index in [1.54, 1.807) is 16.2 Å². The summed E-state index contributed by atoms with van der Waals surface area (Å²) in [6.07, 6.45) is 3.07. The van der Waals surface area contributed by atoms with Crippen LogP contribution in [0.3, 0.4) is 0 Å². The minimum Gasteiger partial charge on any atom is -0.384 e. The van der Waals surface area contributed by atoms with E-state index in [-0.39, 0.29) is 11.2 Å². The Bertz CT molecular complexity index is 1100. The zero-order valence-corrected chi connectivity index (χ0v) is 19.1. The average molecular weight is 444 g/mol. The number of aromatic nitrogens is 2. The molecule has 0 bridgehead atoms. The van der Waals surface area contributed by atoms with Crippen LogP contribution in [-0.4, -0.2) is 22.2 Å². The molecule has 0 aromatic carbocycles. The monoisotopic (exact) mass is 443 g/mol. The molecule has 1 aliphatic heterocycles. The van der Waals surface area contributed by atoms with Gasteiger partial charge in [0.05, 0.1) is 17.6 Å². The highest BCUT2D eigenvalue weighted by Crippen LogP contribution is 2.51. The fourth-order valence-electron chi connectivity index (χ4n) is 4.05. The molecule has 0 saturated carbocycles. The van der Waals surface area contributed by atoms with Crippen LogP contribution in [0.25, 0.3) is 0 Å². The quantitative estimate of drug-likeness (QED) is 0.694. The predicted octanol–water partition coefficient (Wildman–Crippen LogP) is 4.57. The molecule has 0 radical (unpaired) electrons. The van der Waals surface area contributed by atoms with Gasteiger partial charge in [0.15, 0.2) is 10.1 Å². The summed E-state index contributed by atoms with van der Waals surface area (Å²) >= 11 is 4.49. The second-order valence-corrected chi connectivity index (χ2v) is 11.0. The number of nitriles is 1. The Morgan fingerprint density at radius 2 is 2.14 bits per heavy atom. The smallest absolute Gasteiger partial charge is 0.219 e. The Morgan fingerprint density at radius 3 is 2.72 bits per heavy atom. The van der Waals surface area contributed by atoms with Crippen LogP contribution in [-0.2, 0) is 4.79 Å². The highest BCUT2D eigenvalue weighted by atomic mass is 32.2. The van der Waals surface area contributed by atoms with Crippen molar-refractivity contribution in [1.29, 1.82) is 5.26 Å². The topological polar surface area (TPSA) is 95.9 Å². The summed E-state index contributed by atoms with van der Waals surface area (Å²) in [5.41, 5.74) is 9.39. The van der Waals surface area contributed by atoms with E-state index in [1.165, 1.54) is 23.1 Å². The van der Waals surface area contributed by atoms with Gasteiger partial charge in [0.1, 0.15) is 5.82 Å². The molecule has 2 aromatic rings. The van der Waals surface area contributed by atoms with Crippen molar-refractivity contribution in [3.8, 4) is 6.07 Å². The summed E-state index contributed by atoms with van der Waals surface area (Å²) in [5, 5.41) is 21.1. The third kappa shape index (κ3) is 3.29. The Labute approximate surface area is 182 Å². The molecule has 6 nitrogen and oxygen atoms in total. The molecule has 4 rings (SSSR count). The normalized spacial score (nSPS) is 21.4. The van der Waals surface area contributed by atoms with E-state index < -0.39 is 5.92 Å². The fourth-order valence-corrected chi connectivity index (χ4v) is 6.39. The molecule has 1 unspecified atom stereocenters. The maximum absolute atomic E-state index is 13.4. The molecule has 150 valence electrons. The lowest BCUT2D eigenvalue weighted by Gasteiger charge is -2.42. The third-order valence-corrected chi connectivity index (χ3v) is 8.27. The van der Waals surface area contributed by atoms with Crippen LogP contribution >= 0.6 is 34.4 Å². The van der Waals surface area contributed by atoms with Crippen LogP contribution in [0.4, 0.5) is 5.13 Å². The van der Waals surface area contributed by atoms with Crippen molar-refractivity contribution in [2.45, 2.75) is 43.9 Å². The van der Waals surface area contributed by atoms with E-state index >= 15 is 0 Å². The molecular formula is C20H21N5OS3. The lowest BCUT2D eigenvalue weighted by atomic mass is 9.69. The first-order chi connectivity index (χ1) is 13.8. The Kier molecular flexibility index (Phi) is 5.05. The number of hydrogen-bond donors (Lipinski definition) is 1. The van der Waals surface area contributed by atoms with Gasteiger partial charge < -0.3 is 5.73 Å². The molecule has 2 aliphatic rings. The average Bonchev–Trinajstić information content (AvgIpc) is 3.28. The largest absolute Gasteiger partial charge is 0.384 e. The molecular weight excluding hydrogens is 422 g/mol. The van der Waals surface area contributed by atoms with E-state index in [0.717, 1.165) is 20.5 Å². The Balaban J connectivity index is 1.99. The number of carbonyl (C=O) groups excluding carboxylic acids is 1.